The zero-order chi connectivity index (χ0) is 17.1. The number of carboxylic acids is 1. The van der Waals surface area contributed by atoms with Gasteiger partial charge >= 0.3 is 11.9 Å². The molecule has 1 rings (SSSR count). The van der Waals surface area contributed by atoms with Crippen molar-refractivity contribution in [3.05, 3.63) is 35.9 Å². The standard InChI is InChI=1S/C17H23NO5/c1-2-23-16(20)12-11-15(19)18-14(17(21)22)10-6-9-13-7-4-3-5-8-13/h3-5,7-8,14H,2,6,9-12H2,1H3,(H,18,19)(H,21,22)/t14-/m0/s1. The van der Waals surface area contributed by atoms with Crippen molar-refractivity contribution < 1.29 is 24.2 Å². The van der Waals surface area contributed by atoms with Crippen LogP contribution in [-0.2, 0) is 25.5 Å². The quantitative estimate of drug-likeness (QED) is 0.642. The van der Waals surface area contributed by atoms with E-state index in [-0.39, 0.29) is 19.4 Å². The van der Waals surface area contributed by atoms with E-state index >= 15 is 0 Å². The topological polar surface area (TPSA) is 92.7 Å². The first-order valence-electron chi connectivity index (χ1n) is 7.74. The summed E-state index contributed by atoms with van der Waals surface area (Å²) in [7, 11) is 0. The molecule has 6 heteroatoms. The van der Waals surface area contributed by atoms with Crippen LogP contribution in [0.1, 0.15) is 38.2 Å². The molecule has 0 spiro atoms. The molecule has 0 unspecified atom stereocenters. The molecule has 1 aromatic rings. The molecule has 0 heterocycles. The Kier molecular flexibility index (Phi) is 8.42. The van der Waals surface area contributed by atoms with E-state index in [1.54, 1.807) is 6.92 Å². The van der Waals surface area contributed by atoms with E-state index in [9.17, 15) is 19.5 Å². The van der Waals surface area contributed by atoms with Gasteiger partial charge in [-0.05, 0) is 31.7 Å². The lowest BCUT2D eigenvalue weighted by Crippen LogP contribution is -2.40. The molecule has 0 aromatic heterocycles. The van der Waals surface area contributed by atoms with Crippen LogP contribution in [0.3, 0.4) is 0 Å². The van der Waals surface area contributed by atoms with Gasteiger partial charge in [-0.15, -0.1) is 0 Å². The zero-order valence-electron chi connectivity index (χ0n) is 13.3. The van der Waals surface area contributed by atoms with Crippen LogP contribution in [-0.4, -0.2) is 35.6 Å². The van der Waals surface area contributed by atoms with Crippen LogP contribution in [0, 0.1) is 0 Å². The third-order valence-electron chi connectivity index (χ3n) is 3.30. The van der Waals surface area contributed by atoms with Crippen LogP contribution in [0.5, 0.6) is 0 Å². The van der Waals surface area contributed by atoms with Crippen LogP contribution in [0.4, 0.5) is 0 Å². The molecule has 0 aliphatic heterocycles. The lowest BCUT2D eigenvalue weighted by Gasteiger charge is -2.14. The highest BCUT2D eigenvalue weighted by Gasteiger charge is 2.19. The molecule has 6 nitrogen and oxygen atoms in total. The minimum Gasteiger partial charge on any atom is -0.480 e. The van der Waals surface area contributed by atoms with Gasteiger partial charge in [-0.2, -0.15) is 0 Å². The van der Waals surface area contributed by atoms with Gasteiger partial charge < -0.3 is 15.2 Å². The Hall–Kier alpha value is -2.37. The van der Waals surface area contributed by atoms with Gasteiger partial charge in [-0.1, -0.05) is 30.3 Å². The number of ether oxygens (including phenoxy) is 1. The van der Waals surface area contributed by atoms with E-state index < -0.39 is 23.9 Å². The molecule has 1 atom stereocenters. The van der Waals surface area contributed by atoms with Gasteiger partial charge in [0.25, 0.3) is 0 Å². The predicted octanol–water partition coefficient (Wildman–Crippen LogP) is 1.92. The molecular weight excluding hydrogens is 298 g/mol. The van der Waals surface area contributed by atoms with Gasteiger partial charge in [-0.3, -0.25) is 9.59 Å². The molecule has 0 bridgehead atoms. The third kappa shape index (κ3) is 7.99. The number of aliphatic carboxylic acids is 1. The number of rotatable bonds is 10. The second-order valence-electron chi connectivity index (χ2n) is 5.14. The highest BCUT2D eigenvalue weighted by atomic mass is 16.5. The first-order chi connectivity index (χ1) is 11.0. The number of nitrogens with one attached hydrogen (secondary N) is 1. The van der Waals surface area contributed by atoms with Crippen LogP contribution < -0.4 is 5.32 Å². The summed E-state index contributed by atoms with van der Waals surface area (Å²) in [5, 5.41) is 11.6. The molecule has 0 saturated heterocycles. The first-order valence-corrected chi connectivity index (χ1v) is 7.74. The monoisotopic (exact) mass is 321 g/mol. The molecule has 0 aliphatic carbocycles. The van der Waals surface area contributed by atoms with Crippen molar-refractivity contribution in [3.8, 4) is 0 Å². The van der Waals surface area contributed by atoms with E-state index in [1.807, 2.05) is 30.3 Å². The number of hydrogen-bond donors (Lipinski definition) is 2. The summed E-state index contributed by atoms with van der Waals surface area (Å²) in [6.07, 6.45) is 1.63. The van der Waals surface area contributed by atoms with Gasteiger partial charge in [0.05, 0.1) is 13.0 Å². The number of hydrogen-bond acceptors (Lipinski definition) is 4. The summed E-state index contributed by atoms with van der Waals surface area (Å²) < 4.78 is 4.72. The first kappa shape index (κ1) is 18.7. The Balaban J connectivity index is 2.35. The largest absolute Gasteiger partial charge is 0.480 e. The summed E-state index contributed by atoms with van der Waals surface area (Å²) in [5.74, 6) is -1.98. The highest BCUT2D eigenvalue weighted by molar-refractivity contribution is 5.85. The smallest absolute Gasteiger partial charge is 0.326 e. The van der Waals surface area contributed by atoms with E-state index in [0.29, 0.717) is 12.8 Å². The SMILES string of the molecule is CCOC(=O)CCC(=O)N[C@@H](CCCc1ccccc1)C(=O)O. The van der Waals surface area contributed by atoms with E-state index in [2.05, 4.69) is 5.32 Å². The Bertz CT molecular complexity index is 515. The second kappa shape index (κ2) is 10.4. The Morgan fingerprint density at radius 2 is 1.87 bits per heavy atom. The maximum atomic E-state index is 11.7. The molecule has 0 fully saturated rings. The van der Waals surface area contributed by atoms with Crippen molar-refractivity contribution in [1.82, 2.24) is 5.32 Å². The fourth-order valence-electron chi connectivity index (χ4n) is 2.13. The summed E-state index contributed by atoms with van der Waals surface area (Å²) in [6.45, 7) is 1.95. The zero-order valence-corrected chi connectivity index (χ0v) is 13.3. The summed E-state index contributed by atoms with van der Waals surface area (Å²) in [6, 6.07) is 8.81. The molecule has 1 amide bonds. The minimum atomic E-state index is -1.07. The second-order valence-corrected chi connectivity index (χ2v) is 5.14. The van der Waals surface area contributed by atoms with Crippen molar-refractivity contribution in [2.75, 3.05) is 6.61 Å². The Morgan fingerprint density at radius 3 is 2.48 bits per heavy atom. The average molecular weight is 321 g/mol. The fraction of sp³-hybridized carbons (Fsp3) is 0.471. The fourth-order valence-corrected chi connectivity index (χ4v) is 2.13. The Morgan fingerprint density at radius 1 is 1.17 bits per heavy atom. The summed E-state index contributed by atoms with van der Waals surface area (Å²) >= 11 is 0. The molecule has 0 saturated carbocycles. The van der Waals surface area contributed by atoms with Crippen molar-refractivity contribution in [2.24, 2.45) is 0 Å². The average Bonchev–Trinajstić information content (AvgIpc) is 2.53. The van der Waals surface area contributed by atoms with Gasteiger partial charge in [-0.25, -0.2) is 4.79 Å². The summed E-state index contributed by atoms with van der Waals surface area (Å²) in [5.41, 5.74) is 1.13. The van der Waals surface area contributed by atoms with Gasteiger partial charge in [0, 0.05) is 6.42 Å². The predicted molar refractivity (Wildman–Crippen MR) is 84.8 cm³/mol. The third-order valence-corrected chi connectivity index (χ3v) is 3.30. The lowest BCUT2D eigenvalue weighted by molar-refractivity contribution is -0.145. The van der Waals surface area contributed by atoms with Crippen LogP contribution in [0.15, 0.2) is 30.3 Å². The number of aryl methyl sites for hydroxylation is 1. The number of carboxylic acid groups (broad SMARTS) is 1. The van der Waals surface area contributed by atoms with E-state index in [4.69, 9.17) is 4.74 Å². The molecule has 126 valence electrons. The Labute approximate surface area is 135 Å². The number of amides is 1. The van der Waals surface area contributed by atoms with Crippen LogP contribution in [0.25, 0.3) is 0 Å². The molecule has 1 aromatic carbocycles. The van der Waals surface area contributed by atoms with Crippen molar-refractivity contribution in [3.63, 3.8) is 0 Å². The molecule has 2 N–H and O–H groups in total. The minimum absolute atomic E-state index is 0.0456. The van der Waals surface area contributed by atoms with E-state index in [1.165, 1.54) is 0 Å². The molecule has 0 aliphatic rings. The number of carbonyl (C=O) groups is 3. The summed E-state index contributed by atoms with van der Waals surface area (Å²) in [4.78, 5) is 34.1. The van der Waals surface area contributed by atoms with Crippen LogP contribution in [0.2, 0.25) is 0 Å². The highest BCUT2D eigenvalue weighted by Crippen LogP contribution is 2.07. The van der Waals surface area contributed by atoms with Crippen LogP contribution >= 0.6 is 0 Å². The number of carbonyl (C=O) groups excluding carboxylic acids is 2. The molecular formula is C17H23NO5. The van der Waals surface area contributed by atoms with Gasteiger partial charge in [0.2, 0.25) is 5.91 Å². The van der Waals surface area contributed by atoms with E-state index in [0.717, 1.165) is 12.0 Å². The lowest BCUT2D eigenvalue weighted by atomic mass is 10.0. The maximum Gasteiger partial charge on any atom is 0.326 e. The molecule has 23 heavy (non-hydrogen) atoms. The van der Waals surface area contributed by atoms with Crippen molar-refractivity contribution >= 4 is 17.8 Å². The van der Waals surface area contributed by atoms with Gasteiger partial charge in [0.1, 0.15) is 6.04 Å². The normalized spacial score (nSPS) is 11.5. The molecule has 0 radical (unpaired) electrons. The van der Waals surface area contributed by atoms with Crippen molar-refractivity contribution in [1.29, 1.82) is 0 Å². The van der Waals surface area contributed by atoms with Gasteiger partial charge in [0.15, 0.2) is 0 Å². The number of benzene rings is 1. The van der Waals surface area contributed by atoms with Crippen molar-refractivity contribution in [2.45, 2.75) is 45.1 Å². The maximum absolute atomic E-state index is 11.7. The number of esters is 1.